The Morgan fingerprint density at radius 1 is 0.262 bits per heavy atom. The first-order chi connectivity index (χ1) is 32.3. The molecule has 0 spiro atoms. The quantitative estimate of drug-likeness (QED) is 0.0680. The van der Waals surface area contributed by atoms with E-state index in [1.54, 1.807) is 0 Å². The number of benzene rings is 8. The first-order valence-corrected chi connectivity index (χ1v) is 24.0. The molecule has 0 unspecified atom stereocenters. The molecule has 0 saturated heterocycles. The molecule has 11 nitrogen and oxygen atoms in total. The monoisotopic (exact) mass is 910 g/mol. The third-order valence-electron chi connectivity index (χ3n) is 11.1. The van der Waals surface area contributed by atoms with Crippen molar-refractivity contribution in [2.45, 2.75) is 0 Å². The van der Waals surface area contributed by atoms with Crippen molar-refractivity contribution < 1.29 is 49.5 Å². The van der Waals surface area contributed by atoms with Gasteiger partial charge in [0, 0.05) is 21.5 Å². The summed E-state index contributed by atoms with van der Waals surface area (Å²) in [5, 5.41) is 13.0. The van der Waals surface area contributed by atoms with E-state index in [9.17, 15) is 0 Å². The SMILES string of the molecule is c1ccc2c(c1)ccc1op(OCCOCCOCCOCCOCCOCCOp3oc4ccc5ccccc5c4c4c(ccc5ccccc54)o3)oc3ccc4ccccc4c3c12. The first-order valence-electron chi connectivity index (χ1n) is 21.8. The van der Waals surface area contributed by atoms with Crippen molar-refractivity contribution in [2.75, 3.05) is 79.3 Å². The van der Waals surface area contributed by atoms with Gasteiger partial charge in [-0.3, -0.25) is 9.05 Å². The Morgan fingerprint density at radius 2 is 0.492 bits per heavy atom. The highest BCUT2D eigenvalue weighted by atomic mass is 31.1. The summed E-state index contributed by atoms with van der Waals surface area (Å²) < 4.78 is 66.2. The predicted molar refractivity (Wildman–Crippen MR) is 260 cm³/mol. The zero-order valence-electron chi connectivity index (χ0n) is 35.7. The minimum atomic E-state index is -1.71. The number of ether oxygens (including phenoxy) is 5. The van der Waals surface area contributed by atoms with E-state index in [1.807, 2.05) is 72.8 Å². The normalized spacial score (nSPS) is 11.9. The van der Waals surface area contributed by atoms with Gasteiger partial charge in [0.25, 0.3) is 0 Å². The van der Waals surface area contributed by atoms with Crippen LogP contribution >= 0.6 is 16.5 Å². The Balaban J connectivity index is 0.607. The van der Waals surface area contributed by atoms with Crippen LogP contribution in [0, 0.1) is 0 Å². The second-order valence-electron chi connectivity index (χ2n) is 15.2. The van der Waals surface area contributed by atoms with Gasteiger partial charge in [0.05, 0.1) is 79.3 Å². The standard InChI is InChI=1S/C52H48O11P2/c1-5-13-41-37(9-1)17-21-45-49(41)50-42-14-6-2-10-38(42)18-22-46(50)61-64(60-45)58-35-33-56-31-29-54-27-25-53-26-28-55-30-32-57-34-36-59-65-62-47-23-19-39-11-3-7-15-43(39)51(47)52-44-16-8-4-12-40(44)20-24-48(52)63-65/h1-24H,25-36H2. The Kier molecular flexibility index (Phi) is 14.0. The average molecular weight is 911 g/mol. The van der Waals surface area contributed by atoms with E-state index in [0.29, 0.717) is 79.3 Å². The molecule has 0 amide bonds. The summed E-state index contributed by atoms with van der Waals surface area (Å²) in [6, 6.07) is 49.6. The molecule has 0 aliphatic heterocycles. The topological polar surface area (TPSA) is 117 Å². The molecule has 8 aromatic carbocycles. The molecule has 0 atom stereocenters. The van der Waals surface area contributed by atoms with Gasteiger partial charge in [-0.1, -0.05) is 121 Å². The second-order valence-corrected chi connectivity index (χ2v) is 17.3. The summed E-state index contributed by atoms with van der Waals surface area (Å²) in [6.07, 6.45) is 0. The summed E-state index contributed by atoms with van der Waals surface area (Å²) in [7, 11) is -3.42. The summed E-state index contributed by atoms with van der Waals surface area (Å²) in [6.45, 7) is 4.95. The van der Waals surface area contributed by atoms with Crippen LogP contribution in [0.5, 0.6) is 0 Å². The van der Waals surface area contributed by atoms with E-state index in [2.05, 4.69) is 72.8 Å². The van der Waals surface area contributed by atoms with Gasteiger partial charge in [0.2, 0.25) is 0 Å². The molecule has 0 bridgehead atoms. The molecule has 0 aliphatic rings. The fraction of sp³-hybridized carbons (Fsp3) is 0.231. The molecule has 0 saturated carbocycles. The van der Waals surface area contributed by atoms with Crippen LogP contribution in [0.1, 0.15) is 0 Å². The molecule has 0 fully saturated rings. The van der Waals surface area contributed by atoms with E-state index in [-0.39, 0.29) is 0 Å². The van der Waals surface area contributed by atoms with Crippen LogP contribution in [0.15, 0.2) is 162 Å². The highest BCUT2D eigenvalue weighted by molar-refractivity contribution is 7.32. The lowest BCUT2D eigenvalue weighted by molar-refractivity contribution is -0.0130. The van der Waals surface area contributed by atoms with E-state index in [4.69, 9.17) is 49.5 Å². The highest BCUT2D eigenvalue weighted by Crippen LogP contribution is 2.42. The van der Waals surface area contributed by atoms with Crippen molar-refractivity contribution in [2.24, 2.45) is 0 Å². The zero-order chi connectivity index (χ0) is 43.6. The highest BCUT2D eigenvalue weighted by Gasteiger charge is 2.15. The van der Waals surface area contributed by atoms with Gasteiger partial charge < -0.3 is 40.5 Å². The van der Waals surface area contributed by atoms with Gasteiger partial charge in [0.1, 0.15) is 22.3 Å². The summed E-state index contributed by atoms with van der Waals surface area (Å²) in [4.78, 5) is 0. The fourth-order valence-electron chi connectivity index (χ4n) is 8.13. The summed E-state index contributed by atoms with van der Waals surface area (Å²) in [5.74, 6) is 0. The zero-order valence-corrected chi connectivity index (χ0v) is 37.5. The minimum absolute atomic E-state index is 0.311. The maximum Gasteiger partial charge on any atom is 0.387 e. The van der Waals surface area contributed by atoms with E-state index >= 15 is 0 Å². The number of fused-ring (bicyclic) bond motifs is 14. The van der Waals surface area contributed by atoms with Crippen molar-refractivity contribution in [3.05, 3.63) is 146 Å². The molecule has 10 aromatic rings. The Hall–Kier alpha value is -5.68. The lowest BCUT2D eigenvalue weighted by atomic mass is 9.99. The van der Waals surface area contributed by atoms with Crippen LogP contribution in [0.25, 0.3) is 87.0 Å². The third kappa shape index (κ3) is 9.95. The second kappa shape index (κ2) is 21.1. The van der Waals surface area contributed by atoms with E-state index in [1.165, 1.54) is 0 Å². The Morgan fingerprint density at radius 3 is 0.754 bits per heavy atom. The summed E-state index contributed by atoms with van der Waals surface area (Å²) in [5.41, 5.74) is 2.94. The van der Waals surface area contributed by atoms with Crippen molar-refractivity contribution in [1.82, 2.24) is 0 Å². The molecule has 10 rings (SSSR count). The van der Waals surface area contributed by atoms with Crippen molar-refractivity contribution in [3.8, 4) is 0 Å². The largest absolute Gasteiger partial charge is 0.399 e. The Labute approximate surface area is 376 Å². The number of rotatable bonds is 20. The molecule has 0 radical (unpaired) electrons. The van der Waals surface area contributed by atoms with Crippen LogP contribution in [0.3, 0.4) is 0 Å². The minimum Gasteiger partial charge on any atom is -0.399 e. The molecule has 0 aliphatic carbocycles. The van der Waals surface area contributed by atoms with E-state index < -0.39 is 16.5 Å². The van der Waals surface area contributed by atoms with Gasteiger partial charge in [-0.05, 0) is 67.4 Å². The molecule has 2 aromatic heterocycles. The molecule has 332 valence electrons. The maximum atomic E-state index is 6.39. The molecular formula is C52H48O11P2. The molecule has 2 heterocycles. The number of hydrogen-bond acceptors (Lipinski definition) is 11. The number of hydrogen-bond donors (Lipinski definition) is 0. The van der Waals surface area contributed by atoms with Gasteiger partial charge in [0.15, 0.2) is 0 Å². The molecule has 0 N–H and O–H groups in total. The van der Waals surface area contributed by atoms with Gasteiger partial charge in [-0.2, -0.15) is 0 Å². The fourth-order valence-corrected chi connectivity index (χ4v) is 10.1. The van der Waals surface area contributed by atoms with Gasteiger partial charge in [-0.25, -0.2) is 0 Å². The first kappa shape index (κ1) is 43.2. The van der Waals surface area contributed by atoms with E-state index in [0.717, 1.165) is 87.0 Å². The average Bonchev–Trinajstić information content (AvgIpc) is 3.63. The van der Waals surface area contributed by atoms with Crippen molar-refractivity contribution >= 4 is 103 Å². The summed E-state index contributed by atoms with van der Waals surface area (Å²) >= 11 is 0. The van der Waals surface area contributed by atoms with Crippen LogP contribution in [0.4, 0.5) is 0 Å². The van der Waals surface area contributed by atoms with Gasteiger partial charge >= 0.3 is 16.5 Å². The van der Waals surface area contributed by atoms with Crippen LogP contribution < -0.4 is 9.05 Å². The Bertz CT molecular complexity index is 2900. The molecule has 13 heteroatoms. The van der Waals surface area contributed by atoms with Gasteiger partial charge in [-0.15, -0.1) is 0 Å². The third-order valence-corrected chi connectivity index (χ3v) is 13.3. The predicted octanol–water partition coefficient (Wildman–Crippen LogP) is 13.1. The van der Waals surface area contributed by atoms with Crippen LogP contribution in [-0.4, -0.2) is 79.3 Å². The van der Waals surface area contributed by atoms with Crippen LogP contribution in [0.2, 0.25) is 0 Å². The maximum absolute atomic E-state index is 6.39. The van der Waals surface area contributed by atoms with Crippen LogP contribution in [-0.2, 0) is 23.7 Å². The lowest BCUT2D eigenvalue weighted by Gasteiger charge is -2.08. The van der Waals surface area contributed by atoms with Crippen molar-refractivity contribution in [3.63, 3.8) is 0 Å². The lowest BCUT2D eigenvalue weighted by Crippen LogP contribution is -2.14. The smallest absolute Gasteiger partial charge is 0.387 e. The molecular weight excluding hydrogens is 863 g/mol. The molecule has 65 heavy (non-hydrogen) atoms. The van der Waals surface area contributed by atoms with Crippen molar-refractivity contribution in [1.29, 1.82) is 0 Å².